The molecule has 2 aromatic heterocycles. The van der Waals surface area contributed by atoms with Gasteiger partial charge in [0.1, 0.15) is 10.8 Å². The van der Waals surface area contributed by atoms with Crippen molar-refractivity contribution in [3.05, 3.63) is 45.7 Å². The van der Waals surface area contributed by atoms with Gasteiger partial charge in [0.15, 0.2) is 0 Å². The third-order valence-electron chi connectivity index (χ3n) is 3.62. The van der Waals surface area contributed by atoms with Gasteiger partial charge in [-0.05, 0) is 38.5 Å². The van der Waals surface area contributed by atoms with Crippen molar-refractivity contribution in [2.75, 3.05) is 5.88 Å². The molecule has 0 spiro atoms. The summed E-state index contributed by atoms with van der Waals surface area (Å²) in [6, 6.07) is 6.55. The average Bonchev–Trinajstić information content (AvgIpc) is 3.02. The van der Waals surface area contributed by atoms with Crippen molar-refractivity contribution < 1.29 is 0 Å². The number of benzene rings is 1. The SMILES string of the molecule is Cc1ccc2nc(CCCl)n(C(C)c3nc(C)cs3)c2c1. The molecular formula is C16H18ClN3S. The summed E-state index contributed by atoms with van der Waals surface area (Å²) in [7, 11) is 0. The number of hydrogen-bond acceptors (Lipinski definition) is 3. The summed E-state index contributed by atoms with van der Waals surface area (Å²) in [5.41, 5.74) is 4.50. The Morgan fingerprint density at radius 1 is 1.29 bits per heavy atom. The number of aromatic nitrogens is 3. The second-order valence-corrected chi connectivity index (χ2v) is 6.60. The number of halogens is 1. The van der Waals surface area contributed by atoms with Gasteiger partial charge in [0, 0.05) is 23.4 Å². The number of alkyl halides is 1. The molecule has 0 aliphatic heterocycles. The zero-order valence-electron chi connectivity index (χ0n) is 12.4. The minimum absolute atomic E-state index is 0.175. The van der Waals surface area contributed by atoms with E-state index in [2.05, 4.69) is 47.0 Å². The summed E-state index contributed by atoms with van der Waals surface area (Å²) >= 11 is 7.66. The van der Waals surface area contributed by atoms with Gasteiger partial charge in [0.2, 0.25) is 0 Å². The number of fused-ring (bicyclic) bond motifs is 1. The number of imidazole rings is 1. The Balaban J connectivity index is 2.18. The Labute approximate surface area is 133 Å². The molecule has 1 atom stereocenters. The Morgan fingerprint density at radius 3 is 2.76 bits per heavy atom. The van der Waals surface area contributed by atoms with Crippen LogP contribution in [0.2, 0.25) is 0 Å². The molecule has 3 rings (SSSR count). The fraction of sp³-hybridized carbons (Fsp3) is 0.375. The van der Waals surface area contributed by atoms with E-state index in [9.17, 15) is 0 Å². The fourth-order valence-corrected chi connectivity index (χ4v) is 3.63. The first-order valence-electron chi connectivity index (χ1n) is 7.05. The minimum atomic E-state index is 0.175. The van der Waals surface area contributed by atoms with Gasteiger partial charge in [0.25, 0.3) is 0 Å². The lowest BCUT2D eigenvalue weighted by Gasteiger charge is -2.15. The number of thiazole rings is 1. The van der Waals surface area contributed by atoms with Crippen molar-refractivity contribution >= 4 is 34.0 Å². The summed E-state index contributed by atoms with van der Waals surface area (Å²) < 4.78 is 2.28. The molecule has 1 unspecified atom stereocenters. The van der Waals surface area contributed by atoms with Gasteiger partial charge < -0.3 is 4.57 Å². The molecule has 1 aromatic carbocycles. The predicted octanol–water partition coefficient (Wildman–Crippen LogP) is 4.50. The third-order valence-corrected chi connectivity index (χ3v) is 4.94. The highest BCUT2D eigenvalue weighted by molar-refractivity contribution is 7.09. The van der Waals surface area contributed by atoms with Crippen molar-refractivity contribution in [3.63, 3.8) is 0 Å². The zero-order chi connectivity index (χ0) is 15.0. The van der Waals surface area contributed by atoms with Crippen LogP contribution in [0.4, 0.5) is 0 Å². The summed E-state index contributed by atoms with van der Waals surface area (Å²) in [5, 5.41) is 3.21. The van der Waals surface area contributed by atoms with Gasteiger partial charge in [-0.3, -0.25) is 0 Å². The van der Waals surface area contributed by atoms with E-state index in [4.69, 9.17) is 16.6 Å². The first-order chi connectivity index (χ1) is 10.1. The van der Waals surface area contributed by atoms with Gasteiger partial charge in [-0.25, -0.2) is 9.97 Å². The van der Waals surface area contributed by atoms with E-state index in [1.807, 2.05) is 6.92 Å². The molecule has 0 fully saturated rings. The molecule has 0 aliphatic rings. The summed E-state index contributed by atoms with van der Waals surface area (Å²) in [6.07, 6.45) is 0.768. The molecule has 0 radical (unpaired) electrons. The lowest BCUT2D eigenvalue weighted by Crippen LogP contribution is -2.11. The Hall–Kier alpha value is -1.39. The monoisotopic (exact) mass is 319 g/mol. The van der Waals surface area contributed by atoms with Crippen molar-refractivity contribution in [1.29, 1.82) is 0 Å². The number of rotatable bonds is 4. The molecule has 21 heavy (non-hydrogen) atoms. The van der Waals surface area contributed by atoms with Crippen LogP contribution in [-0.4, -0.2) is 20.4 Å². The standard InChI is InChI=1S/C16H18ClN3S/c1-10-4-5-13-14(8-10)20(15(19-13)6-7-17)12(3)16-18-11(2)9-21-16/h4-5,8-9,12H,6-7H2,1-3H3. The van der Waals surface area contributed by atoms with Gasteiger partial charge in [-0.2, -0.15) is 0 Å². The fourth-order valence-electron chi connectivity index (χ4n) is 2.62. The van der Waals surface area contributed by atoms with Crippen LogP contribution in [0.15, 0.2) is 23.6 Å². The Kier molecular flexibility index (Phi) is 4.00. The van der Waals surface area contributed by atoms with Crippen LogP contribution in [-0.2, 0) is 6.42 Å². The summed E-state index contributed by atoms with van der Waals surface area (Å²) in [5.74, 6) is 1.61. The lowest BCUT2D eigenvalue weighted by atomic mass is 10.2. The first kappa shape index (κ1) is 14.5. The van der Waals surface area contributed by atoms with Crippen molar-refractivity contribution in [2.45, 2.75) is 33.2 Å². The van der Waals surface area contributed by atoms with E-state index in [1.165, 1.54) is 5.56 Å². The van der Waals surface area contributed by atoms with E-state index in [0.29, 0.717) is 5.88 Å². The zero-order valence-corrected chi connectivity index (χ0v) is 14.0. The molecule has 110 valence electrons. The Morgan fingerprint density at radius 2 is 2.10 bits per heavy atom. The van der Waals surface area contributed by atoms with Crippen LogP contribution in [0, 0.1) is 13.8 Å². The maximum atomic E-state index is 5.96. The quantitative estimate of drug-likeness (QED) is 0.663. The highest BCUT2D eigenvalue weighted by atomic mass is 35.5. The predicted molar refractivity (Wildman–Crippen MR) is 89.6 cm³/mol. The number of aryl methyl sites for hydroxylation is 3. The highest BCUT2D eigenvalue weighted by Crippen LogP contribution is 2.28. The van der Waals surface area contributed by atoms with Crippen molar-refractivity contribution in [3.8, 4) is 0 Å². The van der Waals surface area contributed by atoms with Gasteiger partial charge in [-0.1, -0.05) is 6.07 Å². The van der Waals surface area contributed by atoms with Crippen LogP contribution < -0.4 is 0 Å². The number of nitrogens with zero attached hydrogens (tertiary/aromatic N) is 3. The molecule has 0 aliphatic carbocycles. The Bertz CT molecular complexity index is 775. The third kappa shape index (κ3) is 2.70. The van der Waals surface area contributed by atoms with Crippen LogP contribution >= 0.6 is 22.9 Å². The van der Waals surface area contributed by atoms with Gasteiger partial charge in [-0.15, -0.1) is 22.9 Å². The van der Waals surface area contributed by atoms with E-state index in [1.54, 1.807) is 11.3 Å². The van der Waals surface area contributed by atoms with E-state index >= 15 is 0 Å². The molecule has 0 saturated carbocycles. The second kappa shape index (κ2) is 5.78. The largest absolute Gasteiger partial charge is 0.318 e. The smallest absolute Gasteiger partial charge is 0.116 e. The van der Waals surface area contributed by atoms with Crippen LogP contribution in [0.3, 0.4) is 0 Å². The molecule has 0 saturated heterocycles. The normalized spacial score (nSPS) is 13.0. The van der Waals surface area contributed by atoms with Crippen molar-refractivity contribution in [1.82, 2.24) is 14.5 Å². The van der Waals surface area contributed by atoms with Gasteiger partial charge >= 0.3 is 0 Å². The first-order valence-corrected chi connectivity index (χ1v) is 8.47. The maximum Gasteiger partial charge on any atom is 0.116 e. The minimum Gasteiger partial charge on any atom is -0.318 e. The molecule has 2 heterocycles. The highest BCUT2D eigenvalue weighted by Gasteiger charge is 2.19. The topological polar surface area (TPSA) is 30.7 Å². The molecular weight excluding hydrogens is 302 g/mol. The summed E-state index contributed by atoms with van der Waals surface area (Å²) in [6.45, 7) is 6.32. The summed E-state index contributed by atoms with van der Waals surface area (Å²) in [4.78, 5) is 9.39. The molecule has 5 heteroatoms. The van der Waals surface area contributed by atoms with E-state index in [-0.39, 0.29) is 6.04 Å². The van der Waals surface area contributed by atoms with Crippen molar-refractivity contribution in [2.24, 2.45) is 0 Å². The molecule has 3 nitrogen and oxygen atoms in total. The van der Waals surface area contributed by atoms with Crippen LogP contribution in [0.25, 0.3) is 11.0 Å². The second-order valence-electron chi connectivity index (χ2n) is 5.33. The molecule has 0 amide bonds. The van der Waals surface area contributed by atoms with Gasteiger partial charge in [0.05, 0.1) is 17.1 Å². The van der Waals surface area contributed by atoms with Crippen LogP contribution in [0.1, 0.15) is 35.1 Å². The lowest BCUT2D eigenvalue weighted by molar-refractivity contribution is 0.619. The van der Waals surface area contributed by atoms with E-state index in [0.717, 1.165) is 34.0 Å². The molecule has 0 N–H and O–H groups in total. The average molecular weight is 320 g/mol. The van der Waals surface area contributed by atoms with Crippen LogP contribution in [0.5, 0.6) is 0 Å². The maximum absolute atomic E-state index is 5.96. The van der Waals surface area contributed by atoms with E-state index < -0.39 is 0 Å². The molecule has 0 bridgehead atoms. The number of hydrogen-bond donors (Lipinski definition) is 0. The molecule has 3 aromatic rings.